The van der Waals surface area contributed by atoms with E-state index in [2.05, 4.69) is 88.0 Å². The van der Waals surface area contributed by atoms with Crippen LogP contribution in [0.2, 0.25) is 0 Å². The molecule has 0 saturated heterocycles. The van der Waals surface area contributed by atoms with Crippen LogP contribution < -0.4 is 4.90 Å². The van der Waals surface area contributed by atoms with E-state index in [1.807, 2.05) is 0 Å². The van der Waals surface area contributed by atoms with Gasteiger partial charge < -0.3 is 4.42 Å². The van der Waals surface area contributed by atoms with Gasteiger partial charge in [-0.05, 0) is 88.8 Å². The first-order valence-corrected chi connectivity index (χ1v) is 10.9. The number of benzene rings is 3. The highest BCUT2D eigenvalue weighted by molar-refractivity contribution is 5.92. The van der Waals surface area contributed by atoms with Gasteiger partial charge in [-0.15, -0.1) is 0 Å². The highest BCUT2D eigenvalue weighted by Gasteiger charge is 2.28. The molecule has 0 N–H and O–H groups in total. The van der Waals surface area contributed by atoms with Crippen LogP contribution in [0.1, 0.15) is 45.4 Å². The van der Waals surface area contributed by atoms with Gasteiger partial charge in [0.15, 0.2) is 0 Å². The minimum atomic E-state index is 0.980. The molecule has 0 atom stereocenters. The van der Waals surface area contributed by atoms with E-state index in [1.54, 1.807) is 0 Å². The number of hydrogen-bond acceptors (Lipinski definition) is 2. The van der Waals surface area contributed by atoms with Crippen molar-refractivity contribution in [3.63, 3.8) is 0 Å². The average Bonchev–Trinajstić information content (AvgIpc) is 3.01. The molecule has 0 fully saturated rings. The minimum Gasteiger partial charge on any atom is -0.439 e. The third-order valence-electron chi connectivity index (χ3n) is 6.34. The van der Waals surface area contributed by atoms with E-state index in [4.69, 9.17) is 4.42 Å². The molecule has 2 heteroatoms. The zero-order valence-electron chi connectivity index (χ0n) is 18.6. The Morgan fingerprint density at radius 1 is 0.733 bits per heavy atom. The molecule has 1 aliphatic rings. The quantitative estimate of drug-likeness (QED) is 0.325. The van der Waals surface area contributed by atoms with E-state index in [0.717, 1.165) is 30.7 Å². The topological polar surface area (TPSA) is 16.4 Å². The minimum absolute atomic E-state index is 0.980. The summed E-state index contributed by atoms with van der Waals surface area (Å²) in [5, 5.41) is 1.26. The first kappa shape index (κ1) is 19.0. The van der Waals surface area contributed by atoms with E-state index in [1.165, 1.54) is 55.7 Å². The Morgan fingerprint density at radius 2 is 1.43 bits per heavy atom. The van der Waals surface area contributed by atoms with Crippen LogP contribution >= 0.6 is 0 Å². The SMILES string of the molecule is Cc1cc(C)c(N2c3ccc(C)cc3CCCc3c2oc2ccc(C)cc32)c(C)c1. The van der Waals surface area contributed by atoms with Crippen molar-refractivity contribution in [1.29, 1.82) is 0 Å². The monoisotopic (exact) mass is 395 g/mol. The summed E-state index contributed by atoms with van der Waals surface area (Å²) < 4.78 is 6.60. The van der Waals surface area contributed by atoms with Crippen LogP contribution in [-0.2, 0) is 12.8 Å². The fourth-order valence-electron chi connectivity index (χ4n) is 5.12. The van der Waals surface area contributed by atoms with E-state index < -0.39 is 0 Å². The summed E-state index contributed by atoms with van der Waals surface area (Å²) in [7, 11) is 0. The van der Waals surface area contributed by atoms with Gasteiger partial charge in [-0.25, -0.2) is 0 Å². The van der Waals surface area contributed by atoms with Gasteiger partial charge in [0.1, 0.15) is 5.58 Å². The molecule has 4 aromatic rings. The summed E-state index contributed by atoms with van der Waals surface area (Å²) in [6, 6.07) is 17.9. The zero-order valence-corrected chi connectivity index (χ0v) is 18.6. The summed E-state index contributed by atoms with van der Waals surface area (Å²) in [5.74, 6) is 0.982. The molecule has 2 nitrogen and oxygen atoms in total. The smallest absolute Gasteiger partial charge is 0.209 e. The summed E-state index contributed by atoms with van der Waals surface area (Å²) in [6.07, 6.45) is 3.24. The Hall–Kier alpha value is -3.00. The van der Waals surface area contributed by atoms with Crippen LogP contribution in [0, 0.1) is 34.6 Å². The average molecular weight is 396 g/mol. The molecule has 0 spiro atoms. The lowest BCUT2D eigenvalue weighted by Crippen LogP contribution is -2.17. The molecular formula is C28H29NO. The fourth-order valence-corrected chi connectivity index (χ4v) is 5.12. The third-order valence-corrected chi connectivity index (χ3v) is 6.34. The van der Waals surface area contributed by atoms with Crippen molar-refractivity contribution in [3.8, 4) is 0 Å². The van der Waals surface area contributed by atoms with E-state index in [-0.39, 0.29) is 0 Å². The maximum absolute atomic E-state index is 6.60. The molecule has 5 rings (SSSR count). The van der Waals surface area contributed by atoms with Gasteiger partial charge in [0.25, 0.3) is 0 Å². The van der Waals surface area contributed by atoms with Gasteiger partial charge in [0.05, 0.1) is 11.4 Å². The lowest BCUT2D eigenvalue weighted by molar-refractivity contribution is 0.610. The highest BCUT2D eigenvalue weighted by Crippen LogP contribution is 2.47. The van der Waals surface area contributed by atoms with E-state index >= 15 is 0 Å². The Bertz CT molecular complexity index is 1250. The maximum Gasteiger partial charge on any atom is 0.209 e. The first-order chi connectivity index (χ1) is 14.4. The fraction of sp³-hybridized carbons (Fsp3) is 0.286. The molecule has 0 aliphatic carbocycles. The van der Waals surface area contributed by atoms with Gasteiger partial charge >= 0.3 is 0 Å². The second-order valence-corrected chi connectivity index (χ2v) is 8.95. The normalized spacial score (nSPS) is 13.7. The van der Waals surface area contributed by atoms with Gasteiger partial charge in [-0.1, -0.05) is 47.0 Å². The summed E-state index contributed by atoms with van der Waals surface area (Å²) in [4.78, 5) is 2.39. The second-order valence-electron chi connectivity index (χ2n) is 8.95. The van der Waals surface area contributed by atoms with Crippen LogP contribution in [0.25, 0.3) is 11.0 Å². The zero-order chi connectivity index (χ0) is 21.0. The largest absolute Gasteiger partial charge is 0.439 e. The highest BCUT2D eigenvalue weighted by atomic mass is 16.4. The summed E-state index contributed by atoms with van der Waals surface area (Å²) in [5.41, 5.74) is 12.6. The number of hydrogen-bond donors (Lipinski definition) is 0. The van der Waals surface area contributed by atoms with Crippen molar-refractivity contribution in [2.45, 2.75) is 53.9 Å². The number of aryl methyl sites for hydroxylation is 7. The lowest BCUT2D eigenvalue weighted by Gasteiger charge is -2.31. The molecule has 2 heterocycles. The summed E-state index contributed by atoms with van der Waals surface area (Å²) in [6.45, 7) is 10.9. The first-order valence-electron chi connectivity index (χ1n) is 10.9. The molecule has 152 valence electrons. The van der Waals surface area contributed by atoms with Crippen molar-refractivity contribution in [1.82, 2.24) is 0 Å². The Kier molecular flexibility index (Phi) is 4.47. The molecule has 0 radical (unpaired) electrons. The number of nitrogens with zero attached hydrogens (tertiary/aromatic N) is 1. The van der Waals surface area contributed by atoms with Crippen LogP contribution in [-0.4, -0.2) is 0 Å². The molecule has 0 amide bonds. The van der Waals surface area contributed by atoms with Crippen LogP contribution in [0.5, 0.6) is 0 Å². The van der Waals surface area contributed by atoms with Crippen molar-refractivity contribution in [2.75, 3.05) is 4.90 Å². The Morgan fingerprint density at radius 3 is 2.20 bits per heavy atom. The molecule has 3 aromatic carbocycles. The van der Waals surface area contributed by atoms with Crippen molar-refractivity contribution < 1.29 is 4.42 Å². The Labute approximate surface area is 179 Å². The number of anilines is 3. The molecule has 0 bridgehead atoms. The number of rotatable bonds is 1. The standard InChI is InChI=1S/C28H29NO/c1-17-9-11-25-22(15-17)7-6-8-23-24-16-18(2)10-12-26(24)30-28(23)29(25)27-20(4)13-19(3)14-21(27)5/h9-16H,6-8H2,1-5H3. The van der Waals surface area contributed by atoms with Crippen LogP contribution in [0.4, 0.5) is 17.3 Å². The van der Waals surface area contributed by atoms with Gasteiger partial charge in [0.2, 0.25) is 5.88 Å². The van der Waals surface area contributed by atoms with Crippen molar-refractivity contribution >= 4 is 28.2 Å². The van der Waals surface area contributed by atoms with Gasteiger partial charge in [-0.2, -0.15) is 0 Å². The van der Waals surface area contributed by atoms with E-state index in [0.29, 0.717) is 0 Å². The lowest BCUT2D eigenvalue weighted by atomic mass is 9.95. The molecular weight excluding hydrogens is 366 g/mol. The van der Waals surface area contributed by atoms with Crippen LogP contribution in [0.15, 0.2) is 52.9 Å². The molecule has 0 unspecified atom stereocenters. The predicted octanol–water partition coefficient (Wildman–Crippen LogP) is 7.93. The Balaban J connectivity index is 1.87. The van der Waals surface area contributed by atoms with E-state index in [9.17, 15) is 0 Å². The van der Waals surface area contributed by atoms with Crippen molar-refractivity contribution in [3.05, 3.63) is 87.5 Å². The second kappa shape index (κ2) is 7.05. The van der Waals surface area contributed by atoms with Gasteiger partial charge in [0, 0.05) is 10.9 Å². The van der Waals surface area contributed by atoms with Crippen LogP contribution in [0.3, 0.4) is 0 Å². The molecule has 0 saturated carbocycles. The van der Waals surface area contributed by atoms with Crippen molar-refractivity contribution in [2.24, 2.45) is 0 Å². The third kappa shape index (κ3) is 3.02. The maximum atomic E-state index is 6.60. The molecule has 1 aliphatic heterocycles. The number of fused-ring (bicyclic) bond motifs is 4. The molecule has 30 heavy (non-hydrogen) atoms. The molecule has 1 aromatic heterocycles. The van der Waals surface area contributed by atoms with Gasteiger partial charge in [-0.3, -0.25) is 4.90 Å². The number of furan rings is 1. The summed E-state index contributed by atoms with van der Waals surface area (Å²) >= 11 is 0. The predicted molar refractivity (Wildman–Crippen MR) is 127 cm³/mol.